The molecule has 0 radical (unpaired) electrons. The zero-order valence-electron chi connectivity index (χ0n) is 15.1. The Balaban J connectivity index is 1.55. The van der Waals surface area contributed by atoms with Crippen molar-refractivity contribution in [3.63, 3.8) is 0 Å². The molecule has 0 aliphatic carbocycles. The van der Waals surface area contributed by atoms with E-state index >= 15 is 0 Å². The van der Waals surface area contributed by atoms with Crippen molar-refractivity contribution in [2.24, 2.45) is 0 Å². The zero-order chi connectivity index (χ0) is 18.5. The molecule has 2 heterocycles. The van der Waals surface area contributed by atoms with E-state index in [1.807, 2.05) is 44.2 Å². The number of nitrogens with one attached hydrogen (secondary N) is 1. The summed E-state index contributed by atoms with van der Waals surface area (Å²) in [6.45, 7) is 5.99. The minimum absolute atomic E-state index is 0.0310. The molecule has 1 atom stereocenters. The highest BCUT2D eigenvalue weighted by molar-refractivity contribution is 5.95. The van der Waals surface area contributed by atoms with Gasteiger partial charge in [0.2, 0.25) is 5.91 Å². The van der Waals surface area contributed by atoms with Crippen molar-refractivity contribution in [2.45, 2.75) is 33.0 Å². The Kier molecular flexibility index (Phi) is 5.68. The molecule has 138 valence electrons. The first kappa shape index (κ1) is 18.1. The number of carbonyl (C=O) groups is 2. The van der Waals surface area contributed by atoms with Crippen LogP contribution < -0.4 is 5.32 Å². The first-order valence-electron chi connectivity index (χ1n) is 8.82. The van der Waals surface area contributed by atoms with Crippen molar-refractivity contribution in [1.82, 2.24) is 20.0 Å². The third-order valence-corrected chi connectivity index (χ3v) is 4.57. The Hall–Kier alpha value is -2.67. The maximum absolute atomic E-state index is 12.4. The van der Waals surface area contributed by atoms with E-state index in [-0.39, 0.29) is 24.5 Å². The van der Waals surface area contributed by atoms with E-state index in [1.165, 1.54) is 0 Å². The maximum Gasteiger partial charge on any atom is 0.254 e. The molecule has 1 fully saturated rings. The fraction of sp³-hybridized carbons (Fsp3) is 0.421. The van der Waals surface area contributed by atoms with E-state index in [2.05, 4.69) is 10.4 Å². The Morgan fingerprint density at radius 3 is 2.81 bits per heavy atom. The Labute approximate surface area is 152 Å². The molecule has 1 aliphatic heterocycles. The molecule has 7 nitrogen and oxygen atoms in total. The minimum Gasteiger partial charge on any atom is -0.365 e. The standard InChI is InChI=1S/C19H24N4O3/c1-3-23-14(2)17(10-21-23)19(25)20-9-16-12-22(18(24)13-26-16)11-15-7-5-4-6-8-15/h4-8,10,16H,3,9,11-13H2,1-2H3,(H,20,25). The largest absolute Gasteiger partial charge is 0.365 e. The van der Waals surface area contributed by atoms with Crippen LogP contribution in [0.25, 0.3) is 0 Å². The predicted molar refractivity (Wildman–Crippen MR) is 96.6 cm³/mol. The van der Waals surface area contributed by atoms with Crippen LogP contribution in [-0.4, -0.2) is 52.3 Å². The third-order valence-electron chi connectivity index (χ3n) is 4.57. The molecule has 1 aromatic heterocycles. The molecular weight excluding hydrogens is 332 g/mol. The summed E-state index contributed by atoms with van der Waals surface area (Å²) in [6.07, 6.45) is 1.36. The van der Waals surface area contributed by atoms with Crippen LogP contribution >= 0.6 is 0 Å². The summed E-state index contributed by atoms with van der Waals surface area (Å²) in [4.78, 5) is 26.2. The van der Waals surface area contributed by atoms with Gasteiger partial charge in [0.25, 0.3) is 5.91 Å². The molecule has 3 rings (SSSR count). The second kappa shape index (κ2) is 8.14. The Morgan fingerprint density at radius 1 is 1.35 bits per heavy atom. The lowest BCUT2D eigenvalue weighted by Gasteiger charge is -2.33. The molecule has 0 spiro atoms. The van der Waals surface area contributed by atoms with Crippen molar-refractivity contribution in [2.75, 3.05) is 19.7 Å². The first-order valence-corrected chi connectivity index (χ1v) is 8.82. The molecule has 1 N–H and O–H groups in total. The SMILES string of the molecule is CCn1ncc(C(=O)NCC2CN(Cc3ccccc3)C(=O)CO2)c1C. The number of carbonyl (C=O) groups excluding carboxylic acids is 2. The van der Waals surface area contributed by atoms with Crippen molar-refractivity contribution in [1.29, 1.82) is 0 Å². The molecular formula is C19H24N4O3. The minimum atomic E-state index is -0.220. The number of benzene rings is 1. The topological polar surface area (TPSA) is 76.5 Å². The molecule has 2 aromatic rings. The van der Waals surface area contributed by atoms with Crippen molar-refractivity contribution in [3.8, 4) is 0 Å². The van der Waals surface area contributed by atoms with Gasteiger partial charge in [-0.3, -0.25) is 14.3 Å². The van der Waals surface area contributed by atoms with Crippen LogP contribution in [0.3, 0.4) is 0 Å². The number of aryl methyl sites for hydroxylation is 1. The molecule has 1 unspecified atom stereocenters. The van der Waals surface area contributed by atoms with Crippen LogP contribution in [0, 0.1) is 6.92 Å². The van der Waals surface area contributed by atoms with Crippen LogP contribution in [0.4, 0.5) is 0 Å². The van der Waals surface area contributed by atoms with Crippen molar-refractivity contribution < 1.29 is 14.3 Å². The average molecular weight is 356 g/mol. The fourth-order valence-electron chi connectivity index (χ4n) is 3.05. The quantitative estimate of drug-likeness (QED) is 0.848. The summed E-state index contributed by atoms with van der Waals surface area (Å²) >= 11 is 0. The average Bonchev–Trinajstić information content (AvgIpc) is 3.03. The monoisotopic (exact) mass is 356 g/mol. The van der Waals surface area contributed by atoms with Crippen LogP contribution in [0.5, 0.6) is 0 Å². The molecule has 7 heteroatoms. The van der Waals surface area contributed by atoms with E-state index in [4.69, 9.17) is 4.74 Å². The van der Waals surface area contributed by atoms with Crippen molar-refractivity contribution >= 4 is 11.8 Å². The summed E-state index contributed by atoms with van der Waals surface area (Å²) in [5.41, 5.74) is 2.49. The number of hydrogen-bond donors (Lipinski definition) is 1. The van der Waals surface area contributed by atoms with Crippen LogP contribution in [0.15, 0.2) is 36.5 Å². The third kappa shape index (κ3) is 4.11. The van der Waals surface area contributed by atoms with E-state index in [9.17, 15) is 9.59 Å². The number of hydrogen-bond acceptors (Lipinski definition) is 4. The normalized spacial score (nSPS) is 17.4. The number of morpholine rings is 1. The first-order chi connectivity index (χ1) is 12.6. The van der Waals surface area contributed by atoms with Gasteiger partial charge < -0.3 is 15.0 Å². The number of rotatable bonds is 6. The smallest absolute Gasteiger partial charge is 0.254 e. The zero-order valence-corrected chi connectivity index (χ0v) is 15.1. The molecule has 26 heavy (non-hydrogen) atoms. The van der Waals surface area contributed by atoms with Gasteiger partial charge in [0, 0.05) is 31.9 Å². The van der Waals surface area contributed by atoms with Gasteiger partial charge in [-0.15, -0.1) is 0 Å². The van der Waals surface area contributed by atoms with Gasteiger partial charge in [0.05, 0.1) is 17.9 Å². The summed E-state index contributed by atoms with van der Waals surface area (Å²) in [7, 11) is 0. The lowest BCUT2D eigenvalue weighted by atomic mass is 10.2. The van der Waals surface area contributed by atoms with Gasteiger partial charge in [-0.1, -0.05) is 30.3 Å². The number of amides is 2. The van der Waals surface area contributed by atoms with E-state index in [1.54, 1.807) is 15.8 Å². The highest BCUT2D eigenvalue weighted by Gasteiger charge is 2.27. The summed E-state index contributed by atoms with van der Waals surface area (Å²) in [5, 5.41) is 7.08. The second-order valence-corrected chi connectivity index (χ2v) is 6.36. The van der Waals surface area contributed by atoms with Gasteiger partial charge >= 0.3 is 0 Å². The van der Waals surface area contributed by atoms with Crippen LogP contribution in [0.2, 0.25) is 0 Å². The Bertz CT molecular complexity index is 772. The second-order valence-electron chi connectivity index (χ2n) is 6.36. The van der Waals surface area contributed by atoms with E-state index in [0.717, 1.165) is 17.8 Å². The molecule has 2 amide bonds. The van der Waals surface area contributed by atoms with Crippen LogP contribution in [0.1, 0.15) is 28.5 Å². The van der Waals surface area contributed by atoms with Gasteiger partial charge in [-0.05, 0) is 19.4 Å². The maximum atomic E-state index is 12.4. The van der Waals surface area contributed by atoms with E-state index in [0.29, 0.717) is 25.2 Å². The lowest BCUT2D eigenvalue weighted by Crippen LogP contribution is -2.50. The highest BCUT2D eigenvalue weighted by Crippen LogP contribution is 2.12. The molecule has 1 saturated heterocycles. The lowest BCUT2D eigenvalue weighted by molar-refractivity contribution is -0.149. The summed E-state index contributed by atoms with van der Waals surface area (Å²) in [6, 6.07) is 9.85. The molecule has 0 bridgehead atoms. The van der Waals surface area contributed by atoms with Gasteiger partial charge in [-0.25, -0.2) is 0 Å². The number of aromatic nitrogens is 2. The van der Waals surface area contributed by atoms with Gasteiger partial charge in [-0.2, -0.15) is 5.10 Å². The van der Waals surface area contributed by atoms with Crippen LogP contribution in [-0.2, 0) is 22.6 Å². The molecule has 1 aromatic carbocycles. The number of ether oxygens (including phenoxy) is 1. The summed E-state index contributed by atoms with van der Waals surface area (Å²) < 4.78 is 7.36. The summed E-state index contributed by atoms with van der Waals surface area (Å²) in [5.74, 6) is -0.200. The fourth-order valence-corrected chi connectivity index (χ4v) is 3.05. The van der Waals surface area contributed by atoms with Gasteiger partial charge in [0.1, 0.15) is 6.61 Å². The van der Waals surface area contributed by atoms with Crippen molar-refractivity contribution in [3.05, 3.63) is 53.3 Å². The predicted octanol–water partition coefficient (Wildman–Crippen LogP) is 1.37. The van der Waals surface area contributed by atoms with E-state index < -0.39 is 0 Å². The number of nitrogens with zero attached hydrogens (tertiary/aromatic N) is 3. The Morgan fingerprint density at radius 2 is 2.12 bits per heavy atom. The highest BCUT2D eigenvalue weighted by atomic mass is 16.5. The molecule has 1 aliphatic rings. The molecule has 0 saturated carbocycles. The van der Waals surface area contributed by atoms with Gasteiger partial charge in [0.15, 0.2) is 0 Å².